The summed E-state index contributed by atoms with van der Waals surface area (Å²) in [5, 5.41) is 0.596. The highest BCUT2D eigenvalue weighted by Crippen LogP contribution is 2.12. The summed E-state index contributed by atoms with van der Waals surface area (Å²) in [4.78, 5) is 2.00. The molecule has 0 aromatic heterocycles. The molecule has 118 valence electrons. The molecule has 0 saturated heterocycles. The lowest BCUT2D eigenvalue weighted by Crippen LogP contribution is -2.33. The Morgan fingerprint density at radius 3 is 2.32 bits per heavy atom. The monoisotopic (exact) mass is 338 g/mol. The molecule has 4 nitrogen and oxygen atoms in total. The summed E-state index contributed by atoms with van der Waals surface area (Å²) in [7, 11) is -1.41. The third-order valence-electron chi connectivity index (χ3n) is 3.24. The molecule has 0 aliphatic rings. The predicted octanol–water partition coefficient (Wildman–Crippen LogP) is 2.90. The molecule has 0 radical (unpaired) electrons. The predicted molar refractivity (Wildman–Crippen MR) is 91.8 cm³/mol. The zero-order valence-corrected chi connectivity index (χ0v) is 13.9. The first-order chi connectivity index (χ1) is 10.5. The highest BCUT2D eigenvalue weighted by molar-refractivity contribution is 7.88. The molecular formula is C16H19ClN2O2S. The van der Waals surface area contributed by atoms with E-state index in [0.29, 0.717) is 23.7 Å². The zero-order valence-electron chi connectivity index (χ0n) is 12.4. The van der Waals surface area contributed by atoms with Gasteiger partial charge in [0, 0.05) is 30.8 Å². The van der Waals surface area contributed by atoms with Crippen LogP contribution in [0.5, 0.6) is 0 Å². The fraction of sp³-hybridized carbons (Fsp3) is 0.250. The summed E-state index contributed by atoms with van der Waals surface area (Å²) < 4.78 is 26.7. The van der Waals surface area contributed by atoms with Crippen molar-refractivity contribution in [3.63, 3.8) is 0 Å². The molecule has 0 bridgehead atoms. The number of likely N-dealkylation sites (N-methyl/N-ethyl adjacent to an activating group) is 1. The number of anilines is 1. The fourth-order valence-corrected chi connectivity index (χ4v) is 3.29. The molecule has 2 aromatic carbocycles. The number of nitrogens with one attached hydrogen (secondary N) is 1. The number of para-hydroxylation sites is 1. The lowest BCUT2D eigenvalue weighted by molar-refractivity contribution is 0.580. The molecule has 2 aromatic rings. The van der Waals surface area contributed by atoms with Gasteiger partial charge in [-0.3, -0.25) is 0 Å². The molecule has 0 fully saturated rings. The first-order valence-electron chi connectivity index (χ1n) is 6.94. The van der Waals surface area contributed by atoms with E-state index in [1.807, 2.05) is 42.3 Å². The van der Waals surface area contributed by atoms with Gasteiger partial charge in [-0.25, -0.2) is 13.1 Å². The Balaban J connectivity index is 1.84. The van der Waals surface area contributed by atoms with Gasteiger partial charge in [0.15, 0.2) is 0 Å². The van der Waals surface area contributed by atoms with Crippen LogP contribution in [0.15, 0.2) is 54.6 Å². The summed E-state index contributed by atoms with van der Waals surface area (Å²) in [5.74, 6) is -0.0424. The van der Waals surface area contributed by atoms with Crippen LogP contribution in [0.2, 0.25) is 5.02 Å². The minimum Gasteiger partial charge on any atom is -0.373 e. The van der Waals surface area contributed by atoms with Gasteiger partial charge in [-0.2, -0.15) is 0 Å². The normalized spacial score (nSPS) is 11.4. The molecule has 0 unspecified atom stereocenters. The molecule has 1 N–H and O–H groups in total. The maximum Gasteiger partial charge on any atom is 0.215 e. The van der Waals surface area contributed by atoms with Crippen LogP contribution in [0.1, 0.15) is 5.56 Å². The van der Waals surface area contributed by atoms with Gasteiger partial charge < -0.3 is 4.90 Å². The molecule has 0 spiro atoms. The number of sulfonamides is 1. The average molecular weight is 339 g/mol. The van der Waals surface area contributed by atoms with Crippen molar-refractivity contribution in [2.45, 2.75) is 5.75 Å². The SMILES string of the molecule is CN(CCNS(=O)(=O)Cc1ccc(Cl)cc1)c1ccccc1. The topological polar surface area (TPSA) is 49.4 Å². The largest absolute Gasteiger partial charge is 0.373 e. The van der Waals surface area contributed by atoms with Crippen molar-refractivity contribution in [3.8, 4) is 0 Å². The molecule has 0 saturated carbocycles. The minimum atomic E-state index is -3.35. The number of rotatable bonds is 7. The number of hydrogen-bond donors (Lipinski definition) is 1. The van der Waals surface area contributed by atoms with Crippen LogP contribution in [-0.4, -0.2) is 28.6 Å². The Morgan fingerprint density at radius 1 is 1.05 bits per heavy atom. The highest BCUT2D eigenvalue weighted by atomic mass is 35.5. The van der Waals surface area contributed by atoms with E-state index in [1.165, 1.54) is 0 Å². The third-order valence-corrected chi connectivity index (χ3v) is 4.85. The summed E-state index contributed by atoms with van der Waals surface area (Å²) in [6, 6.07) is 16.7. The highest BCUT2D eigenvalue weighted by Gasteiger charge is 2.11. The van der Waals surface area contributed by atoms with E-state index in [2.05, 4.69) is 4.72 Å². The van der Waals surface area contributed by atoms with Gasteiger partial charge in [0.2, 0.25) is 10.0 Å². The second-order valence-electron chi connectivity index (χ2n) is 5.04. The second kappa shape index (κ2) is 7.63. The quantitative estimate of drug-likeness (QED) is 0.844. The van der Waals surface area contributed by atoms with Crippen molar-refractivity contribution in [2.75, 3.05) is 25.0 Å². The number of hydrogen-bond acceptors (Lipinski definition) is 3. The smallest absolute Gasteiger partial charge is 0.215 e. The fourth-order valence-electron chi connectivity index (χ4n) is 2.03. The van der Waals surface area contributed by atoms with Crippen molar-refractivity contribution in [3.05, 3.63) is 65.2 Å². The summed E-state index contributed by atoms with van der Waals surface area (Å²) in [6.45, 7) is 0.963. The number of benzene rings is 2. The summed E-state index contributed by atoms with van der Waals surface area (Å²) in [6.07, 6.45) is 0. The van der Waals surface area contributed by atoms with Gasteiger partial charge >= 0.3 is 0 Å². The molecular weight excluding hydrogens is 320 g/mol. The van der Waals surface area contributed by atoms with Crippen LogP contribution in [0.3, 0.4) is 0 Å². The van der Waals surface area contributed by atoms with E-state index in [4.69, 9.17) is 11.6 Å². The average Bonchev–Trinajstić information content (AvgIpc) is 2.50. The first kappa shape index (κ1) is 16.8. The van der Waals surface area contributed by atoms with Gasteiger partial charge in [0.05, 0.1) is 5.75 Å². The lowest BCUT2D eigenvalue weighted by Gasteiger charge is -2.19. The van der Waals surface area contributed by atoms with Crippen molar-refractivity contribution in [2.24, 2.45) is 0 Å². The van der Waals surface area contributed by atoms with Gasteiger partial charge in [-0.15, -0.1) is 0 Å². The van der Waals surface area contributed by atoms with Crippen LogP contribution >= 0.6 is 11.6 Å². The van der Waals surface area contributed by atoms with E-state index in [-0.39, 0.29) is 5.75 Å². The van der Waals surface area contributed by atoms with E-state index in [0.717, 1.165) is 5.69 Å². The zero-order chi connectivity index (χ0) is 16.0. The molecule has 0 heterocycles. The van der Waals surface area contributed by atoms with Gasteiger partial charge in [0.25, 0.3) is 0 Å². The Bertz CT molecular complexity index is 688. The Kier molecular flexibility index (Phi) is 5.83. The summed E-state index contributed by atoms with van der Waals surface area (Å²) in [5.41, 5.74) is 1.77. The van der Waals surface area contributed by atoms with Crippen molar-refractivity contribution in [1.29, 1.82) is 0 Å². The van der Waals surface area contributed by atoms with E-state index in [9.17, 15) is 8.42 Å². The molecule has 6 heteroatoms. The van der Waals surface area contributed by atoms with E-state index >= 15 is 0 Å². The Labute approximate surface area is 136 Å². The van der Waals surface area contributed by atoms with Crippen LogP contribution in [0.4, 0.5) is 5.69 Å². The second-order valence-corrected chi connectivity index (χ2v) is 7.28. The van der Waals surface area contributed by atoms with Crippen molar-refractivity contribution < 1.29 is 8.42 Å². The molecule has 0 aliphatic heterocycles. The Hall–Kier alpha value is -1.56. The van der Waals surface area contributed by atoms with Crippen molar-refractivity contribution in [1.82, 2.24) is 4.72 Å². The first-order valence-corrected chi connectivity index (χ1v) is 8.97. The van der Waals surface area contributed by atoms with Gasteiger partial charge in [-0.1, -0.05) is 41.9 Å². The number of halogens is 1. The molecule has 22 heavy (non-hydrogen) atoms. The molecule has 0 amide bonds. The van der Waals surface area contributed by atoms with E-state index < -0.39 is 10.0 Å². The van der Waals surface area contributed by atoms with E-state index in [1.54, 1.807) is 24.3 Å². The van der Waals surface area contributed by atoms with Crippen molar-refractivity contribution >= 4 is 27.3 Å². The number of nitrogens with zero attached hydrogens (tertiary/aromatic N) is 1. The van der Waals surface area contributed by atoms with Gasteiger partial charge in [0.1, 0.15) is 0 Å². The van der Waals surface area contributed by atoms with Crippen LogP contribution < -0.4 is 9.62 Å². The molecule has 2 rings (SSSR count). The molecule has 0 aliphatic carbocycles. The minimum absolute atomic E-state index is 0.0424. The van der Waals surface area contributed by atoms with Gasteiger partial charge in [-0.05, 0) is 29.8 Å². The third kappa shape index (κ3) is 5.33. The standard InChI is InChI=1S/C16H19ClN2O2S/c1-19(16-5-3-2-4-6-16)12-11-18-22(20,21)13-14-7-9-15(17)10-8-14/h2-10,18H,11-13H2,1H3. The van der Waals surface area contributed by atoms with Crippen LogP contribution in [-0.2, 0) is 15.8 Å². The van der Waals surface area contributed by atoms with Crippen LogP contribution in [0, 0.1) is 0 Å². The summed E-state index contributed by atoms with van der Waals surface area (Å²) >= 11 is 5.79. The Morgan fingerprint density at radius 2 is 1.68 bits per heavy atom. The maximum atomic E-state index is 12.0. The maximum absolute atomic E-state index is 12.0. The van der Waals surface area contributed by atoms with Crippen LogP contribution in [0.25, 0.3) is 0 Å². The molecule has 0 atom stereocenters. The lowest BCUT2D eigenvalue weighted by atomic mass is 10.2.